The van der Waals surface area contributed by atoms with Crippen LogP contribution in [0.2, 0.25) is 0 Å². The lowest BCUT2D eigenvalue weighted by atomic mass is 10.1. The molecule has 2 aromatic heterocycles. The number of para-hydroxylation sites is 1. The molecule has 1 N–H and O–H groups in total. The average Bonchev–Trinajstić information content (AvgIpc) is 3.55. The highest BCUT2D eigenvalue weighted by molar-refractivity contribution is 5.78. The molecule has 0 radical (unpaired) electrons. The van der Waals surface area contributed by atoms with Crippen molar-refractivity contribution >= 4 is 5.95 Å². The van der Waals surface area contributed by atoms with Gasteiger partial charge in [0.05, 0.1) is 24.2 Å². The summed E-state index contributed by atoms with van der Waals surface area (Å²) < 4.78 is 21.9. The van der Waals surface area contributed by atoms with E-state index in [1.54, 1.807) is 25.4 Å². The van der Waals surface area contributed by atoms with Gasteiger partial charge in [-0.05, 0) is 63.3 Å². The molecule has 1 unspecified atom stereocenters. The van der Waals surface area contributed by atoms with Crippen LogP contribution in [0.15, 0.2) is 60.8 Å². The van der Waals surface area contributed by atoms with E-state index in [1.807, 2.05) is 18.2 Å². The van der Waals surface area contributed by atoms with Crippen molar-refractivity contribution in [1.82, 2.24) is 29.3 Å². The Morgan fingerprint density at radius 3 is 2.61 bits per heavy atom. The molecular formula is C32H40FN7O. The molecule has 0 aliphatic carbocycles. The van der Waals surface area contributed by atoms with Gasteiger partial charge in [-0.3, -0.25) is 4.90 Å². The Balaban J connectivity index is 1.53. The van der Waals surface area contributed by atoms with Crippen molar-refractivity contribution in [1.29, 1.82) is 0 Å². The Hall–Kier alpha value is -3.82. The van der Waals surface area contributed by atoms with E-state index in [9.17, 15) is 4.39 Å². The lowest BCUT2D eigenvalue weighted by molar-refractivity contribution is 0.203. The first-order valence-corrected chi connectivity index (χ1v) is 14.4. The number of nitrogens with zero attached hydrogens (tertiary/aromatic N) is 6. The summed E-state index contributed by atoms with van der Waals surface area (Å²) in [5, 5.41) is 3.31. The van der Waals surface area contributed by atoms with Crippen LogP contribution in [0, 0.1) is 5.82 Å². The van der Waals surface area contributed by atoms with Crippen LogP contribution in [-0.2, 0) is 13.0 Å². The maximum atomic E-state index is 13.9. The number of rotatable bonds is 13. The molecular weight excluding hydrogens is 517 g/mol. The van der Waals surface area contributed by atoms with Gasteiger partial charge in [-0.25, -0.2) is 19.3 Å². The molecule has 0 fully saturated rings. The highest BCUT2D eigenvalue weighted by Crippen LogP contribution is 2.39. The number of benzene rings is 2. The van der Waals surface area contributed by atoms with Crippen molar-refractivity contribution in [3.8, 4) is 28.4 Å². The van der Waals surface area contributed by atoms with E-state index in [0.717, 1.165) is 86.2 Å². The standard InChI is InChI=1S/C32H40FN7O/c1-5-17-34-32-35-18-16-27(36-32)31-30(23-10-12-25(33)13-11-23)37-29-15-14-26(40(29)31)22-39(20-19-38(2)3)21-24-8-6-7-9-28(24)41-4/h6-13,16,18,26H,5,14-15,17,19-22H2,1-4H3,(H,34,35,36). The van der Waals surface area contributed by atoms with E-state index >= 15 is 0 Å². The number of aryl methyl sites for hydroxylation is 1. The van der Waals surface area contributed by atoms with Gasteiger partial charge in [0.25, 0.3) is 0 Å². The van der Waals surface area contributed by atoms with E-state index in [2.05, 4.69) is 57.8 Å². The quantitative estimate of drug-likeness (QED) is 0.232. The topological polar surface area (TPSA) is 71.3 Å². The normalized spacial score (nSPS) is 14.6. The summed E-state index contributed by atoms with van der Waals surface area (Å²) in [4.78, 5) is 19.2. The molecule has 0 amide bonds. The molecule has 2 aromatic carbocycles. The van der Waals surface area contributed by atoms with E-state index in [-0.39, 0.29) is 11.9 Å². The molecule has 216 valence electrons. The van der Waals surface area contributed by atoms with Crippen molar-refractivity contribution in [3.63, 3.8) is 0 Å². The maximum absolute atomic E-state index is 13.9. The van der Waals surface area contributed by atoms with Gasteiger partial charge in [-0.1, -0.05) is 25.1 Å². The fourth-order valence-corrected chi connectivity index (χ4v) is 5.46. The van der Waals surface area contributed by atoms with Gasteiger partial charge in [-0.15, -0.1) is 0 Å². The summed E-state index contributed by atoms with van der Waals surface area (Å²) in [5.74, 6) is 2.28. The van der Waals surface area contributed by atoms with Crippen LogP contribution in [0.4, 0.5) is 10.3 Å². The summed E-state index contributed by atoms with van der Waals surface area (Å²) in [6.07, 6.45) is 4.65. The second-order valence-electron chi connectivity index (χ2n) is 10.8. The van der Waals surface area contributed by atoms with Gasteiger partial charge >= 0.3 is 0 Å². The molecule has 8 nitrogen and oxygen atoms in total. The third kappa shape index (κ3) is 6.74. The first kappa shape index (κ1) is 28.7. The first-order chi connectivity index (χ1) is 20.0. The number of hydrogen-bond acceptors (Lipinski definition) is 7. The molecule has 1 atom stereocenters. The number of aromatic nitrogens is 4. The van der Waals surface area contributed by atoms with Gasteiger partial charge in [0, 0.05) is 62.5 Å². The number of ether oxygens (including phenoxy) is 1. The van der Waals surface area contributed by atoms with E-state index in [1.165, 1.54) is 17.7 Å². The molecule has 0 bridgehead atoms. The summed E-state index contributed by atoms with van der Waals surface area (Å²) in [6.45, 7) is 6.43. The Kier molecular flexibility index (Phi) is 9.26. The summed E-state index contributed by atoms with van der Waals surface area (Å²) in [7, 11) is 5.95. The molecule has 1 aliphatic rings. The largest absolute Gasteiger partial charge is 0.496 e. The first-order valence-electron chi connectivity index (χ1n) is 14.4. The van der Waals surface area contributed by atoms with Gasteiger partial charge in [0.1, 0.15) is 17.4 Å². The monoisotopic (exact) mass is 557 g/mol. The van der Waals surface area contributed by atoms with Gasteiger partial charge in [0.2, 0.25) is 5.95 Å². The highest BCUT2D eigenvalue weighted by atomic mass is 19.1. The molecule has 1 aliphatic heterocycles. The van der Waals surface area contributed by atoms with Crippen LogP contribution in [-0.4, -0.2) is 76.7 Å². The van der Waals surface area contributed by atoms with Crippen molar-refractivity contribution < 1.29 is 9.13 Å². The van der Waals surface area contributed by atoms with Crippen molar-refractivity contribution in [2.24, 2.45) is 0 Å². The molecule has 3 heterocycles. The lowest BCUT2D eigenvalue weighted by Gasteiger charge is -2.29. The second kappa shape index (κ2) is 13.2. The average molecular weight is 558 g/mol. The smallest absolute Gasteiger partial charge is 0.223 e. The lowest BCUT2D eigenvalue weighted by Crippen LogP contribution is -2.35. The number of imidazole rings is 1. The minimum Gasteiger partial charge on any atom is -0.496 e. The van der Waals surface area contributed by atoms with Crippen LogP contribution < -0.4 is 10.1 Å². The Morgan fingerprint density at radius 1 is 1.05 bits per heavy atom. The van der Waals surface area contributed by atoms with E-state index in [0.29, 0.717) is 5.95 Å². The molecule has 4 aromatic rings. The number of hydrogen-bond donors (Lipinski definition) is 1. The Morgan fingerprint density at radius 2 is 1.85 bits per heavy atom. The van der Waals surface area contributed by atoms with Crippen LogP contribution in [0.3, 0.4) is 0 Å². The highest BCUT2D eigenvalue weighted by Gasteiger charge is 2.32. The zero-order valence-electron chi connectivity index (χ0n) is 24.5. The van der Waals surface area contributed by atoms with E-state index < -0.39 is 0 Å². The van der Waals surface area contributed by atoms with Gasteiger partial charge in [-0.2, -0.15) is 0 Å². The van der Waals surface area contributed by atoms with Crippen molar-refractivity contribution in [2.75, 3.05) is 52.7 Å². The number of likely N-dealkylation sites (N-methyl/N-ethyl adjacent to an activating group) is 1. The van der Waals surface area contributed by atoms with Crippen LogP contribution >= 0.6 is 0 Å². The fraction of sp³-hybridized carbons (Fsp3) is 0.406. The molecule has 0 spiro atoms. The predicted molar refractivity (Wildman–Crippen MR) is 162 cm³/mol. The number of fused-ring (bicyclic) bond motifs is 1. The Labute approximate surface area is 242 Å². The molecule has 41 heavy (non-hydrogen) atoms. The van der Waals surface area contributed by atoms with Crippen molar-refractivity contribution in [2.45, 2.75) is 38.8 Å². The van der Waals surface area contributed by atoms with Crippen molar-refractivity contribution in [3.05, 3.63) is 78.0 Å². The molecule has 0 saturated heterocycles. The number of nitrogens with one attached hydrogen (secondary N) is 1. The van der Waals surface area contributed by atoms with Crippen LogP contribution in [0.1, 0.15) is 37.2 Å². The van der Waals surface area contributed by atoms with Crippen LogP contribution in [0.5, 0.6) is 5.75 Å². The molecule has 5 rings (SSSR count). The zero-order valence-corrected chi connectivity index (χ0v) is 24.5. The summed E-state index contributed by atoms with van der Waals surface area (Å²) in [6, 6.07) is 17.0. The molecule has 9 heteroatoms. The maximum Gasteiger partial charge on any atom is 0.223 e. The van der Waals surface area contributed by atoms with E-state index in [4.69, 9.17) is 14.7 Å². The van der Waals surface area contributed by atoms with Gasteiger partial charge in [0.15, 0.2) is 0 Å². The number of methoxy groups -OCH3 is 1. The fourth-order valence-electron chi connectivity index (χ4n) is 5.46. The number of halogens is 1. The number of anilines is 1. The predicted octanol–water partition coefficient (Wildman–Crippen LogP) is 5.53. The Bertz CT molecular complexity index is 1440. The summed E-state index contributed by atoms with van der Waals surface area (Å²) in [5.41, 5.74) is 4.65. The summed E-state index contributed by atoms with van der Waals surface area (Å²) >= 11 is 0. The third-order valence-corrected chi connectivity index (χ3v) is 7.52. The SMILES string of the molecule is CCCNc1nccc(-c2c(-c3ccc(F)cc3)nc3n2C(CN(CCN(C)C)Cc2ccccc2OC)CC3)n1. The third-order valence-electron chi connectivity index (χ3n) is 7.52. The van der Waals surface area contributed by atoms with Crippen LogP contribution in [0.25, 0.3) is 22.6 Å². The molecule has 0 saturated carbocycles. The minimum absolute atomic E-state index is 0.209. The zero-order chi connectivity index (χ0) is 28.8. The minimum atomic E-state index is -0.263. The second-order valence-corrected chi connectivity index (χ2v) is 10.8. The van der Waals surface area contributed by atoms with Gasteiger partial charge < -0.3 is 19.5 Å².